The first-order valence-corrected chi connectivity index (χ1v) is 7.35. The lowest BCUT2D eigenvalue weighted by molar-refractivity contribution is 0.851. The first kappa shape index (κ1) is 12.7. The van der Waals surface area contributed by atoms with Crippen molar-refractivity contribution in [3.8, 4) is 22.5 Å². The normalized spacial score (nSPS) is 10.4. The van der Waals surface area contributed by atoms with Crippen molar-refractivity contribution in [1.82, 2.24) is 20.2 Å². The maximum absolute atomic E-state index is 4.59. The number of nitrogens with zero attached hydrogens (tertiary/aromatic N) is 4. The second-order valence-electron chi connectivity index (χ2n) is 4.10. The van der Waals surface area contributed by atoms with Gasteiger partial charge in [-0.1, -0.05) is 42.1 Å². The zero-order valence-corrected chi connectivity index (χ0v) is 11.7. The van der Waals surface area contributed by atoms with Gasteiger partial charge < -0.3 is 0 Å². The molecule has 20 heavy (non-hydrogen) atoms. The van der Waals surface area contributed by atoms with Crippen LogP contribution in [0.1, 0.15) is 0 Å². The van der Waals surface area contributed by atoms with Gasteiger partial charge in [0.05, 0.1) is 0 Å². The Labute approximate surface area is 121 Å². The third kappa shape index (κ3) is 2.53. The van der Waals surface area contributed by atoms with E-state index < -0.39 is 0 Å². The van der Waals surface area contributed by atoms with Crippen LogP contribution in [0.2, 0.25) is 0 Å². The molecule has 0 atom stereocenters. The molecule has 98 valence electrons. The van der Waals surface area contributed by atoms with Crippen LogP contribution in [0.15, 0.2) is 60.0 Å². The first-order valence-electron chi connectivity index (χ1n) is 6.13. The van der Waals surface area contributed by atoms with Crippen molar-refractivity contribution in [2.24, 2.45) is 0 Å². The fourth-order valence-corrected chi connectivity index (χ4v) is 2.20. The van der Waals surface area contributed by atoms with Gasteiger partial charge in [0.2, 0.25) is 5.16 Å². The van der Waals surface area contributed by atoms with Crippen LogP contribution in [-0.4, -0.2) is 26.4 Å². The second kappa shape index (κ2) is 5.79. The predicted molar refractivity (Wildman–Crippen MR) is 80.3 cm³/mol. The van der Waals surface area contributed by atoms with E-state index in [2.05, 4.69) is 20.2 Å². The second-order valence-corrected chi connectivity index (χ2v) is 4.88. The molecule has 0 aliphatic heterocycles. The Bertz CT molecular complexity index is 702. The van der Waals surface area contributed by atoms with Gasteiger partial charge in [-0.25, -0.2) is 4.98 Å². The fraction of sp³-hybridized carbons (Fsp3) is 0.0667. The van der Waals surface area contributed by atoms with Crippen LogP contribution in [0.4, 0.5) is 0 Å². The summed E-state index contributed by atoms with van der Waals surface area (Å²) in [6.07, 6.45) is 5.47. The topological polar surface area (TPSA) is 51.6 Å². The molecule has 4 nitrogen and oxygen atoms in total. The molecule has 5 heteroatoms. The van der Waals surface area contributed by atoms with Gasteiger partial charge in [-0.2, -0.15) is 0 Å². The highest BCUT2D eigenvalue weighted by molar-refractivity contribution is 7.98. The maximum Gasteiger partial charge on any atom is 0.209 e. The maximum atomic E-state index is 4.59. The van der Waals surface area contributed by atoms with E-state index in [1.54, 1.807) is 12.4 Å². The highest BCUT2D eigenvalue weighted by Crippen LogP contribution is 2.28. The van der Waals surface area contributed by atoms with Crippen LogP contribution in [0.25, 0.3) is 22.5 Å². The van der Waals surface area contributed by atoms with E-state index >= 15 is 0 Å². The minimum atomic E-state index is 0.656. The Kier molecular flexibility index (Phi) is 3.69. The average molecular weight is 280 g/mol. The van der Waals surface area contributed by atoms with E-state index in [9.17, 15) is 0 Å². The SMILES string of the molecule is CSc1nnc(-c2ccccc2)c(-c2cccnc2)n1. The molecular formula is C15H12N4S. The molecule has 3 aromatic rings. The van der Waals surface area contributed by atoms with Crippen molar-refractivity contribution in [2.75, 3.05) is 6.26 Å². The highest BCUT2D eigenvalue weighted by Gasteiger charge is 2.13. The monoisotopic (exact) mass is 280 g/mol. The Morgan fingerprint density at radius 1 is 0.850 bits per heavy atom. The Morgan fingerprint density at radius 3 is 2.35 bits per heavy atom. The van der Waals surface area contributed by atoms with Crippen molar-refractivity contribution >= 4 is 11.8 Å². The lowest BCUT2D eigenvalue weighted by atomic mass is 10.1. The Morgan fingerprint density at radius 2 is 1.65 bits per heavy atom. The van der Waals surface area contributed by atoms with E-state index in [1.165, 1.54) is 11.8 Å². The largest absolute Gasteiger partial charge is 0.264 e. The Hall–Kier alpha value is -2.27. The molecule has 0 unspecified atom stereocenters. The van der Waals surface area contributed by atoms with Gasteiger partial charge in [-0.15, -0.1) is 10.2 Å². The summed E-state index contributed by atoms with van der Waals surface area (Å²) in [5, 5.41) is 9.13. The van der Waals surface area contributed by atoms with Crippen LogP contribution in [0.5, 0.6) is 0 Å². The lowest BCUT2D eigenvalue weighted by Gasteiger charge is -2.08. The molecule has 3 rings (SSSR count). The van der Waals surface area contributed by atoms with E-state index in [-0.39, 0.29) is 0 Å². The summed E-state index contributed by atoms with van der Waals surface area (Å²) < 4.78 is 0. The lowest BCUT2D eigenvalue weighted by Crippen LogP contribution is -1.98. The summed E-state index contributed by atoms with van der Waals surface area (Å²) in [6, 6.07) is 13.8. The summed E-state index contributed by atoms with van der Waals surface area (Å²) in [5.74, 6) is 0. The van der Waals surface area contributed by atoms with Crippen LogP contribution in [-0.2, 0) is 0 Å². The average Bonchev–Trinajstić information content (AvgIpc) is 2.56. The fourth-order valence-electron chi connectivity index (χ4n) is 1.89. The molecule has 0 amide bonds. The molecule has 0 saturated heterocycles. The van der Waals surface area contributed by atoms with Gasteiger partial charge in [-0.3, -0.25) is 4.98 Å². The molecule has 0 N–H and O–H groups in total. The molecule has 2 heterocycles. The van der Waals surface area contributed by atoms with Gasteiger partial charge in [0.15, 0.2) is 0 Å². The molecule has 0 bridgehead atoms. The van der Waals surface area contributed by atoms with Crippen molar-refractivity contribution in [1.29, 1.82) is 0 Å². The molecule has 0 aliphatic carbocycles. The molecule has 0 saturated carbocycles. The summed E-state index contributed by atoms with van der Waals surface area (Å²) in [7, 11) is 0. The molecule has 0 spiro atoms. The van der Waals surface area contributed by atoms with Crippen molar-refractivity contribution in [3.05, 3.63) is 54.9 Å². The molecule has 0 aliphatic rings. The molecular weight excluding hydrogens is 268 g/mol. The quantitative estimate of drug-likeness (QED) is 0.689. The number of benzene rings is 1. The van der Waals surface area contributed by atoms with Gasteiger partial charge in [-0.05, 0) is 18.4 Å². The van der Waals surface area contributed by atoms with Crippen LogP contribution >= 0.6 is 11.8 Å². The van der Waals surface area contributed by atoms with Gasteiger partial charge in [0, 0.05) is 23.5 Å². The number of hydrogen-bond acceptors (Lipinski definition) is 5. The smallest absolute Gasteiger partial charge is 0.209 e. The predicted octanol–water partition coefficient (Wildman–Crippen LogP) is 3.32. The third-order valence-corrected chi connectivity index (χ3v) is 3.37. The first-order chi connectivity index (χ1) is 9.88. The summed E-state index contributed by atoms with van der Waals surface area (Å²) in [4.78, 5) is 8.74. The van der Waals surface area contributed by atoms with Crippen molar-refractivity contribution in [3.63, 3.8) is 0 Å². The van der Waals surface area contributed by atoms with Gasteiger partial charge in [0.1, 0.15) is 11.4 Å². The summed E-state index contributed by atoms with van der Waals surface area (Å²) >= 11 is 1.48. The number of pyridine rings is 1. The van der Waals surface area contributed by atoms with Gasteiger partial charge in [0.25, 0.3) is 0 Å². The zero-order chi connectivity index (χ0) is 13.8. The minimum Gasteiger partial charge on any atom is -0.264 e. The van der Waals surface area contributed by atoms with Crippen LogP contribution < -0.4 is 0 Å². The van der Waals surface area contributed by atoms with Crippen LogP contribution in [0.3, 0.4) is 0 Å². The zero-order valence-electron chi connectivity index (χ0n) is 10.9. The number of aromatic nitrogens is 4. The number of thioether (sulfide) groups is 1. The molecule has 2 aromatic heterocycles. The van der Waals surface area contributed by atoms with Crippen molar-refractivity contribution < 1.29 is 0 Å². The highest BCUT2D eigenvalue weighted by atomic mass is 32.2. The van der Waals surface area contributed by atoms with Gasteiger partial charge >= 0.3 is 0 Å². The van der Waals surface area contributed by atoms with E-state index in [0.717, 1.165) is 22.5 Å². The summed E-state index contributed by atoms with van der Waals surface area (Å²) in [5.41, 5.74) is 3.52. The van der Waals surface area contributed by atoms with Crippen LogP contribution in [0, 0.1) is 0 Å². The Balaban J connectivity index is 2.20. The van der Waals surface area contributed by atoms with Crippen molar-refractivity contribution in [2.45, 2.75) is 5.16 Å². The van der Waals surface area contributed by atoms with E-state index in [4.69, 9.17) is 0 Å². The number of hydrogen-bond donors (Lipinski definition) is 0. The summed E-state index contributed by atoms with van der Waals surface area (Å²) in [6.45, 7) is 0. The van der Waals surface area contributed by atoms with E-state index in [0.29, 0.717) is 5.16 Å². The molecule has 0 radical (unpaired) electrons. The van der Waals surface area contributed by atoms with E-state index in [1.807, 2.05) is 48.7 Å². The standard InChI is InChI=1S/C15H12N4S/c1-20-15-17-13(12-8-5-9-16-10-12)14(18-19-15)11-6-3-2-4-7-11/h2-10H,1H3. The molecule has 1 aromatic carbocycles. The molecule has 0 fully saturated rings. The third-order valence-electron chi connectivity index (χ3n) is 2.83. The number of rotatable bonds is 3. The minimum absolute atomic E-state index is 0.656.